The third-order valence-electron chi connectivity index (χ3n) is 3.03. The first kappa shape index (κ1) is 18.4. The second-order valence-electron chi connectivity index (χ2n) is 6.02. The van der Waals surface area contributed by atoms with Crippen LogP contribution in [0.1, 0.15) is 37.9 Å². The summed E-state index contributed by atoms with van der Waals surface area (Å²) in [5.41, 5.74) is 1.06. The van der Waals surface area contributed by atoms with Crippen LogP contribution in [0.15, 0.2) is 5.38 Å². The number of thiazole rings is 1. The van der Waals surface area contributed by atoms with Crippen molar-refractivity contribution in [3.05, 3.63) is 16.1 Å². The Balaban J connectivity index is 2.42. The van der Waals surface area contributed by atoms with E-state index < -0.39 is 12.8 Å². The van der Waals surface area contributed by atoms with E-state index in [1.54, 1.807) is 18.4 Å². The summed E-state index contributed by atoms with van der Waals surface area (Å²) in [4.78, 5) is 4.59. The highest BCUT2D eigenvalue weighted by Crippen LogP contribution is 2.24. The molecule has 122 valence electrons. The Morgan fingerprint density at radius 2 is 2.00 bits per heavy atom. The Morgan fingerprint density at radius 3 is 2.48 bits per heavy atom. The van der Waals surface area contributed by atoms with Gasteiger partial charge in [0.15, 0.2) is 0 Å². The number of likely N-dealkylation sites (N-methyl/N-ethyl adjacent to an activating group) is 1. The molecule has 0 spiro atoms. The van der Waals surface area contributed by atoms with Crippen LogP contribution in [0, 0.1) is 0 Å². The molecule has 0 saturated heterocycles. The molecule has 1 unspecified atom stereocenters. The van der Waals surface area contributed by atoms with Crippen molar-refractivity contribution in [3.8, 4) is 0 Å². The summed E-state index contributed by atoms with van der Waals surface area (Å²) in [5.74, 6) is 0. The summed E-state index contributed by atoms with van der Waals surface area (Å²) in [5, 5.41) is 6.14. The SMILES string of the molecule is CNC(CCOCC(F)(F)F)Cc1nc(C(C)(C)C)cs1. The summed E-state index contributed by atoms with van der Waals surface area (Å²) >= 11 is 1.59. The van der Waals surface area contributed by atoms with E-state index in [9.17, 15) is 13.2 Å². The third-order valence-corrected chi connectivity index (χ3v) is 3.90. The lowest BCUT2D eigenvalue weighted by Crippen LogP contribution is -2.30. The molecule has 1 rings (SSSR count). The topological polar surface area (TPSA) is 34.1 Å². The Morgan fingerprint density at radius 1 is 1.33 bits per heavy atom. The molecule has 0 radical (unpaired) electrons. The van der Waals surface area contributed by atoms with E-state index >= 15 is 0 Å². The maximum absolute atomic E-state index is 12.0. The lowest BCUT2D eigenvalue weighted by molar-refractivity contribution is -0.174. The van der Waals surface area contributed by atoms with E-state index in [4.69, 9.17) is 0 Å². The molecule has 7 heteroatoms. The molecule has 0 bridgehead atoms. The number of alkyl halides is 3. The Hall–Kier alpha value is -0.660. The molecule has 21 heavy (non-hydrogen) atoms. The summed E-state index contributed by atoms with van der Waals surface area (Å²) < 4.78 is 40.6. The molecule has 0 amide bonds. The fourth-order valence-corrected chi connectivity index (χ4v) is 2.82. The van der Waals surface area contributed by atoms with Gasteiger partial charge >= 0.3 is 6.18 Å². The van der Waals surface area contributed by atoms with Crippen molar-refractivity contribution in [3.63, 3.8) is 0 Å². The van der Waals surface area contributed by atoms with Crippen molar-refractivity contribution in [1.82, 2.24) is 10.3 Å². The van der Waals surface area contributed by atoms with E-state index in [1.165, 1.54) is 0 Å². The summed E-state index contributed by atoms with van der Waals surface area (Å²) in [6, 6.07) is 0.0669. The first-order chi connectivity index (χ1) is 9.62. The largest absolute Gasteiger partial charge is 0.411 e. The molecule has 1 aromatic rings. The van der Waals surface area contributed by atoms with E-state index in [2.05, 4.69) is 35.8 Å². The minimum absolute atomic E-state index is 0.0136. The number of rotatable bonds is 7. The number of hydrogen-bond acceptors (Lipinski definition) is 4. The minimum atomic E-state index is -4.26. The van der Waals surface area contributed by atoms with Crippen LogP contribution in [-0.4, -0.2) is 37.5 Å². The van der Waals surface area contributed by atoms with Gasteiger partial charge in [0.25, 0.3) is 0 Å². The highest BCUT2D eigenvalue weighted by atomic mass is 32.1. The Bertz CT molecular complexity index is 427. The number of nitrogens with zero attached hydrogens (tertiary/aromatic N) is 1. The predicted molar refractivity (Wildman–Crippen MR) is 78.9 cm³/mol. The second-order valence-corrected chi connectivity index (χ2v) is 6.97. The molecule has 0 saturated carbocycles. The normalized spacial score (nSPS) is 14.4. The van der Waals surface area contributed by atoms with Crippen molar-refractivity contribution in [2.45, 2.75) is 51.2 Å². The number of halogens is 3. The van der Waals surface area contributed by atoms with Gasteiger partial charge in [0, 0.05) is 29.9 Å². The van der Waals surface area contributed by atoms with Gasteiger partial charge in [0.2, 0.25) is 0 Å². The van der Waals surface area contributed by atoms with Crippen LogP contribution < -0.4 is 5.32 Å². The summed E-state index contributed by atoms with van der Waals surface area (Å²) in [7, 11) is 1.80. The zero-order valence-corrected chi connectivity index (χ0v) is 13.7. The fourth-order valence-electron chi connectivity index (χ4n) is 1.72. The quantitative estimate of drug-likeness (QED) is 0.779. The van der Waals surface area contributed by atoms with Crippen LogP contribution in [0.25, 0.3) is 0 Å². The van der Waals surface area contributed by atoms with Crippen molar-refractivity contribution in [2.24, 2.45) is 0 Å². The average molecular weight is 324 g/mol. The molecule has 3 nitrogen and oxygen atoms in total. The van der Waals surface area contributed by atoms with Crippen LogP contribution in [0.3, 0.4) is 0 Å². The molecule has 1 N–H and O–H groups in total. The van der Waals surface area contributed by atoms with Crippen LogP contribution in [0.2, 0.25) is 0 Å². The molecule has 1 atom stereocenters. The van der Waals surface area contributed by atoms with Crippen LogP contribution in [-0.2, 0) is 16.6 Å². The van der Waals surface area contributed by atoms with Gasteiger partial charge in [-0.2, -0.15) is 13.2 Å². The lowest BCUT2D eigenvalue weighted by Gasteiger charge is -2.16. The van der Waals surface area contributed by atoms with Gasteiger partial charge < -0.3 is 10.1 Å². The first-order valence-corrected chi connectivity index (χ1v) is 7.76. The van der Waals surface area contributed by atoms with Gasteiger partial charge in [-0.05, 0) is 13.5 Å². The third kappa shape index (κ3) is 7.24. The van der Waals surface area contributed by atoms with Gasteiger partial charge in [0.1, 0.15) is 6.61 Å². The molecule has 1 aromatic heterocycles. The number of aromatic nitrogens is 1. The summed E-state index contributed by atoms with van der Waals surface area (Å²) in [6.07, 6.45) is -3.03. The van der Waals surface area contributed by atoms with Crippen LogP contribution in [0.4, 0.5) is 13.2 Å². The Labute approximate surface area is 127 Å². The van der Waals surface area contributed by atoms with Crippen molar-refractivity contribution in [2.75, 3.05) is 20.3 Å². The van der Waals surface area contributed by atoms with Gasteiger partial charge in [-0.25, -0.2) is 4.98 Å². The van der Waals surface area contributed by atoms with E-state index in [0.717, 1.165) is 10.7 Å². The second kappa shape index (κ2) is 7.56. The van der Waals surface area contributed by atoms with Gasteiger partial charge in [-0.1, -0.05) is 20.8 Å². The van der Waals surface area contributed by atoms with Crippen molar-refractivity contribution in [1.29, 1.82) is 0 Å². The molecule has 0 aromatic carbocycles. The van der Waals surface area contributed by atoms with Gasteiger partial charge in [0.05, 0.1) is 10.7 Å². The van der Waals surface area contributed by atoms with Crippen LogP contribution >= 0.6 is 11.3 Å². The number of nitrogens with one attached hydrogen (secondary N) is 1. The molecule has 1 heterocycles. The highest BCUT2D eigenvalue weighted by Gasteiger charge is 2.27. The highest BCUT2D eigenvalue weighted by molar-refractivity contribution is 7.09. The smallest absolute Gasteiger partial charge is 0.372 e. The maximum atomic E-state index is 12.0. The van der Waals surface area contributed by atoms with Crippen molar-refractivity contribution < 1.29 is 17.9 Å². The Kier molecular flexibility index (Phi) is 6.62. The molecular formula is C14H23F3N2OS. The zero-order chi connectivity index (χ0) is 16.1. The predicted octanol–water partition coefficient (Wildman–Crippen LogP) is 3.54. The lowest BCUT2D eigenvalue weighted by atomic mass is 9.93. The van der Waals surface area contributed by atoms with E-state index in [-0.39, 0.29) is 18.1 Å². The standard InChI is InChI=1S/C14H23F3N2OS/c1-13(2,3)11-8-21-12(19-11)7-10(18-4)5-6-20-9-14(15,16)17/h8,10,18H,5-7,9H2,1-4H3. The van der Waals surface area contributed by atoms with Crippen molar-refractivity contribution >= 4 is 11.3 Å². The molecule has 0 fully saturated rings. The van der Waals surface area contributed by atoms with Gasteiger partial charge in [-0.15, -0.1) is 11.3 Å². The zero-order valence-electron chi connectivity index (χ0n) is 12.9. The number of hydrogen-bond donors (Lipinski definition) is 1. The van der Waals surface area contributed by atoms with E-state index in [0.29, 0.717) is 12.8 Å². The molecule has 0 aliphatic carbocycles. The first-order valence-electron chi connectivity index (χ1n) is 6.88. The van der Waals surface area contributed by atoms with E-state index in [1.807, 2.05) is 5.38 Å². The van der Waals surface area contributed by atoms with Gasteiger partial charge in [-0.3, -0.25) is 0 Å². The molecule has 0 aliphatic rings. The monoisotopic (exact) mass is 324 g/mol. The number of ether oxygens (including phenoxy) is 1. The minimum Gasteiger partial charge on any atom is -0.372 e. The average Bonchev–Trinajstić information content (AvgIpc) is 2.80. The summed E-state index contributed by atoms with van der Waals surface area (Å²) in [6.45, 7) is 5.21. The molecule has 0 aliphatic heterocycles. The molecular weight excluding hydrogens is 301 g/mol. The van der Waals surface area contributed by atoms with Crippen LogP contribution in [0.5, 0.6) is 0 Å². The fraction of sp³-hybridized carbons (Fsp3) is 0.786. The maximum Gasteiger partial charge on any atom is 0.411 e.